The molecule has 0 unspecified atom stereocenters. The fraction of sp³-hybridized carbons (Fsp3) is 0.400. The van der Waals surface area contributed by atoms with E-state index >= 15 is 0 Å². The number of hydrogen-bond donors (Lipinski definition) is 2. The number of hydrogen-bond acceptors (Lipinski definition) is 2. The number of aromatic hydroxyl groups is 1. The second kappa shape index (κ2) is 3.72. The predicted molar refractivity (Wildman–Crippen MR) is 60.5 cm³/mol. The van der Waals surface area contributed by atoms with Gasteiger partial charge >= 0.3 is 0 Å². The lowest BCUT2D eigenvalue weighted by molar-refractivity contribution is 0.453. The zero-order chi connectivity index (χ0) is 10.3. The quantitative estimate of drug-likeness (QED) is 0.871. The molecule has 1 aromatic rings. The van der Waals surface area contributed by atoms with Crippen LogP contribution in [0.5, 0.6) is 5.75 Å². The summed E-state index contributed by atoms with van der Waals surface area (Å²) in [6.45, 7) is 0. The highest BCUT2D eigenvalue weighted by Gasteiger charge is 2.31. The van der Waals surface area contributed by atoms with Crippen LogP contribution in [0.1, 0.15) is 24.4 Å². The van der Waals surface area contributed by atoms with Gasteiger partial charge in [0.25, 0.3) is 0 Å². The van der Waals surface area contributed by atoms with E-state index in [0.717, 1.165) is 18.4 Å². The number of benzene rings is 1. The lowest BCUT2D eigenvalue weighted by Crippen LogP contribution is -2.12. The molecule has 1 atom stereocenters. The lowest BCUT2D eigenvalue weighted by atomic mass is 10.0. The van der Waals surface area contributed by atoms with Gasteiger partial charge in [-0.25, -0.2) is 0 Å². The minimum Gasteiger partial charge on any atom is -0.506 e. The maximum absolute atomic E-state index is 9.81. The van der Waals surface area contributed by atoms with Crippen molar-refractivity contribution in [3.05, 3.63) is 27.2 Å². The molecule has 3 N–H and O–H groups in total. The zero-order valence-corrected chi connectivity index (χ0v) is 9.85. The Hall–Kier alpha value is -0.250. The van der Waals surface area contributed by atoms with Gasteiger partial charge in [0.1, 0.15) is 5.75 Å². The Morgan fingerprint density at radius 1 is 1.50 bits per heavy atom. The second-order valence-corrected chi connectivity index (χ2v) is 4.86. The molecule has 0 spiro atoms. The third-order valence-corrected chi connectivity index (χ3v) is 3.94. The third-order valence-electron chi connectivity index (χ3n) is 2.59. The molecule has 0 radical (unpaired) electrons. The molecule has 2 rings (SSSR count). The van der Waals surface area contributed by atoms with Crippen molar-refractivity contribution in [2.75, 3.05) is 0 Å². The first-order valence-electron chi connectivity index (χ1n) is 4.53. The fourth-order valence-corrected chi connectivity index (χ4v) is 2.05. The molecule has 1 aromatic carbocycles. The van der Waals surface area contributed by atoms with Crippen LogP contribution in [0.15, 0.2) is 16.6 Å². The molecule has 1 saturated carbocycles. The SMILES string of the molecule is N[C@@H](c1ccc(Cl)c(Br)c1O)C1CC1. The number of phenols is 1. The van der Waals surface area contributed by atoms with Gasteiger partial charge in [0.2, 0.25) is 0 Å². The van der Waals surface area contributed by atoms with Gasteiger partial charge in [-0.3, -0.25) is 0 Å². The van der Waals surface area contributed by atoms with E-state index < -0.39 is 0 Å². The molecule has 0 amide bonds. The van der Waals surface area contributed by atoms with Crippen molar-refractivity contribution in [3.63, 3.8) is 0 Å². The maximum atomic E-state index is 9.81. The Morgan fingerprint density at radius 3 is 2.71 bits per heavy atom. The van der Waals surface area contributed by atoms with E-state index in [9.17, 15) is 5.11 Å². The van der Waals surface area contributed by atoms with Crippen molar-refractivity contribution >= 4 is 27.5 Å². The summed E-state index contributed by atoms with van der Waals surface area (Å²) in [5, 5.41) is 10.3. The van der Waals surface area contributed by atoms with E-state index in [0.29, 0.717) is 15.4 Å². The number of rotatable bonds is 2. The monoisotopic (exact) mass is 275 g/mol. The van der Waals surface area contributed by atoms with Crippen molar-refractivity contribution in [1.29, 1.82) is 0 Å². The molecule has 0 aliphatic heterocycles. The molecular weight excluding hydrogens is 265 g/mol. The Kier molecular flexibility index (Phi) is 2.73. The minimum atomic E-state index is -0.0661. The van der Waals surface area contributed by atoms with Gasteiger partial charge in [-0.15, -0.1) is 0 Å². The van der Waals surface area contributed by atoms with Crippen LogP contribution in [0.2, 0.25) is 5.02 Å². The van der Waals surface area contributed by atoms with Crippen molar-refractivity contribution in [2.24, 2.45) is 11.7 Å². The molecule has 4 heteroatoms. The first-order valence-corrected chi connectivity index (χ1v) is 5.71. The topological polar surface area (TPSA) is 46.2 Å². The van der Waals surface area contributed by atoms with Gasteiger partial charge in [0.05, 0.1) is 9.50 Å². The Balaban J connectivity index is 2.38. The molecule has 1 fully saturated rings. The minimum absolute atomic E-state index is 0.0661. The molecule has 1 aliphatic rings. The third kappa shape index (κ3) is 1.76. The smallest absolute Gasteiger partial charge is 0.136 e. The van der Waals surface area contributed by atoms with Crippen LogP contribution in [0.25, 0.3) is 0 Å². The summed E-state index contributed by atoms with van der Waals surface area (Å²) in [7, 11) is 0. The summed E-state index contributed by atoms with van der Waals surface area (Å²) in [5.41, 5.74) is 6.78. The summed E-state index contributed by atoms with van der Waals surface area (Å²) in [4.78, 5) is 0. The molecule has 1 aliphatic carbocycles. The van der Waals surface area contributed by atoms with Crippen LogP contribution in [0.3, 0.4) is 0 Å². The summed E-state index contributed by atoms with van der Waals surface area (Å²) >= 11 is 9.07. The van der Waals surface area contributed by atoms with Crippen molar-refractivity contribution < 1.29 is 5.11 Å². The van der Waals surface area contributed by atoms with Crippen LogP contribution >= 0.6 is 27.5 Å². The number of halogens is 2. The first kappa shape index (κ1) is 10.3. The van der Waals surface area contributed by atoms with E-state index in [4.69, 9.17) is 17.3 Å². The molecule has 0 aromatic heterocycles. The molecule has 76 valence electrons. The van der Waals surface area contributed by atoms with E-state index in [1.165, 1.54) is 0 Å². The van der Waals surface area contributed by atoms with Crippen LogP contribution in [-0.4, -0.2) is 5.11 Å². The number of nitrogens with two attached hydrogens (primary N) is 1. The summed E-state index contributed by atoms with van der Waals surface area (Å²) in [5.74, 6) is 0.700. The summed E-state index contributed by atoms with van der Waals surface area (Å²) in [6, 6.07) is 3.48. The van der Waals surface area contributed by atoms with Gasteiger partial charge in [-0.2, -0.15) is 0 Å². The molecule has 0 heterocycles. The normalized spacial score (nSPS) is 18.2. The second-order valence-electron chi connectivity index (χ2n) is 3.66. The Labute approximate surface area is 96.2 Å². The Morgan fingerprint density at radius 2 is 2.14 bits per heavy atom. The summed E-state index contributed by atoms with van der Waals surface area (Å²) < 4.78 is 0.535. The largest absolute Gasteiger partial charge is 0.506 e. The van der Waals surface area contributed by atoms with Gasteiger partial charge < -0.3 is 10.8 Å². The van der Waals surface area contributed by atoms with Crippen molar-refractivity contribution in [2.45, 2.75) is 18.9 Å². The molecule has 2 nitrogen and oxygen atoms in total. The molecule has 0 bridgehead atoms. The highest BCUT2D eigenvalue weighted by Crippen LogP contribution is 2.44. The van der Waals surface area contributed by atoms with Gasteiger partial charge in [-0.05, 0) is 40.8 Å². The van der Waals surface area contributed by atoms with Crippen LogP contribution in [0, 0.1) is 5.92 Å². The van der Waals surface area contributed by atoms with Crippen LogP contribution in [-0.2, 0) is 0 Å². The fourth-order valence-electron chi connectivity index (χ4n) is 1.53. The van der Waals surface area contributed by atoms with Gasteiger partial charge in [0, 0.05) is 11.6 Å². The highest BCUT2D eigenvalue weighted by atomic mass is 79.9. The average molecular weight is 277 g/mol. The van der Waals surface area contributed by atoms with E-state index in [2.05, 4.69) is 15.9 Å². The number of phenolic OH excluding ortho intramolecular Hbond substituents is 1. The standard InChI is InChI=1S/C10H11BrClNO/c11-8-7(12)4-3-6(10(8)14)9(13)5-1-2-5/h3-5,9,14H,1-2,13H2/t9-/m1/s1. The van der Waals surface area contributed by atoms with Crippen molar-refractivity contribution in [1.82, 2.24) is 0 Å². The predicted octanol–water partition coefficient (Wildman–Crippen LogP) is 3.22. The van der Waals surface area contributed by atoms with Crippen LogP contribution < -0.4 is 5.73 Å². The summed E-state index contributed by atoms with van der Waals surface area (Å²) in [6.07, 6.45) is 2.31. The van der Waals surface area contributed by atoms with Crippen molar-refractivity contribution in [3.8, 4) is 5.75 Å². The first-order chi connectivity index (χ1) is 6.61. The van der Waals surface area contributed by atoms with Crippen LogP contribution in [0.4, 0.5) is 0 Å². The van der Waals surface area contributed by atoms with E-state index in [1.807, 2.05) is 0 Å². The Bertz CT molecular complexity index is 365. The van der Waals surface area contributed by atoms with E-state index in [1.54, 1.807) is 12.1 Å². The molecule has 14 heavy (non-hydrogen) atoms. The highest BCUT2D eigenvalue weighted by molar-refractivity contribution is 9.10. The molecule has 0 saturated heterocycles. The van der Waals surface area contributed by atoms with Gasteiger partial charge in [-0.1, -0.05) is 17.7 Å². The average Bonchev–Trinajstić information content (AvgIpc) is 2.97. The van der Waals surface area contributed by atoms with Gasteiger partial charge in [0.15, 0.2) is 0 Å². The maximum Gasteiger partial charge on any atom is 0.136 e. The molecular formula is C10H11BrClNO. The zero-order valence-electron chi connectivity index (χ0n) is 7.50. The lowest BCUT2D eigenvalue weighted by Gasteiger charge is -2.14. The van der Waals surface area contributed by atoms with E-state index in [-0.39, 0.29) is 11.8 Å².